The molecule has 1 aromatic heterocycles. The van der Waals surface area contributed by atoms with Gasteiger partial charge < -0.3 is 9.84 Å². The molecule has 0 bridgehead atoms. The molecule has 6 nitrogen and oxygen atoms in total. The van der Waals surface area contributed by atoms with E-state index in [2.05, 4.69) is 21.9 Å². The number of nitrogens with one attached hydrogen (secondary N) is 1. The van der Waals surface area contributed by atoms with Crippen LogP contribution in [-0.4, -0.2) is 21.2 Å². The number of anilines is 1. The largest absolute Gasteiger partial charge is 0.465 e. The number of aromatic nitrogens is 2. The molecule has 2 N–H and O–H groups in total. The van der Waals surface area contributed by atoms with Crippen LogP contribution in [0.15, 0.2) is 37.0 Å². The van der Waals surface area contributed by atoms with Gasteiger partial charge in [-0.3, -0.25) is 5.32 Å². The molecule has 1 aromatic carbocycles. The molecule has 0 saturated heterocycles. The van der Waals surface area contributed by atoms with Crippen molar-refractivity contribution in [1.82, 2.24) is 9.97 Å². The highest BCUT2D eigenvalue weighted by atomic mass is 16.5. The van der Waals surface area contributed by atoms with E-state index in [4.69, 9.17) is 9.84 Å². The fraction of sp³-hybridized carbons (Fsp3) is 0.0714. The summed E-state index contributed by atoms with van der Waals surface area (Å²) >= 11 is 0. The predicted octanol–water partition coefficient (Wildman–Crippen LogP) is 3.31. The highest BCUT2D eigenvalue weighted by Crippen LogP contribution is 2.26. The van der Waals surface area contributed by atoms with E-state index in [1.54, 1.807) is 12.1 Å². The Kier molecular flexibility index (Phi) is 3.95. The fourth-order valence-electron chi connectivity index (χ4n) is 1.46. The van der Waals surface area contributed by atoms with Gasteiger partial charge in [0.1, 0.15) is 5.75 Å². The molecule has 1 amide bonds. The fourth-order valence-corrected chi connectivity index (χ4v) is 1.46. The lowest BCUT2D eigenvalue weighted by Gasteiger charge is -2.09. The maximum atomic E-state index is 10.7. The van der Waals surface area contributed by atoms with Gasteiger partial charge in [-0.25, -0.2) is 14.8 Å². The summed E-state index contributed by atoms with van der Waals surface area (Å²) in [6, 6.07) is 7.29. The van der Waals surface area contributed by atoms with Crippen molar-refractivity contribution in [1.29, 1.82) is 0 Å². The summed E-state index contributed by atoms with van der Waals surface area (Å²) < 4.78 is 5.56. The van der Waals surface area contributed by atoms with Gasteiger partial charge in [-0.15, -0.1) is 0 Å². The molecule has 2 aromatic rings. The zero-order chi connectivity index (χ0) is 14.5. The van der Waals surface area contributed by atoms with Gasteiger partial charge in [-0.05, 0) is 25.1 Å². The molecule has 0 spiro atoms. The van der Waals surface area contributed by atoms with Gasteiger partial charge in [0, 0.05) is 0 Å². The van der Waals surface area contributed by atoms with Crippen molar-refractivity contribution >= 4 is 18.0 Å². The first kappa shape index (κ1) is 13.5. The Balaban J connectivity index is 2.34. The maximum absolute atomic E-state index is 10.7. The predicted molar refractivity (Wildman–Crippen MR) is 75.0 cm³/mol. The maximum Gasteiger partial charge on any atom is 0.410 e. The Hall–Kier alpha value is -2.89. The molecular formula is C14H13N3O3. The van der Waals surface area contributed by atoms with Crippen molar-refractivity contribution in [2.24, 2.45) is 0 Å². The molecule has 1 heterocycles. The number of hydrogen-bond acceptors (Lipinski definition) is 4. The van der Waals surface area contributed by atoms with Gasteiger partial charge in [0.25, 0.3) is 5.88 Å². The monoisotopic (exact) mass is 271 g/mol. The van der Waals surface area contributed by atoms with Crippen molar-refractivity contribution in [3.8, 4) is 11.6 Å². The molecular weight excluding hydrogens is 258 g/mol. The molecule has 6 heteroatoms. The van der Waals surface area contributed by atoms with Gasteiger partial charge in [0.05, 0.1) is 11.9 Å². The van der Waals surface area contributed by atoms with Crippen molar-refractivity contribution in [3.05, 3.63) is 48.3 Å². The quantitative estimate of drug-likeness (QED) is 0.891. The van der Waals surface area contributed by atoms with Gasteiger partial charge in [-0.2, -0.15) is 0 Å². The van der Waals surface area contributed by atoms with Crippen LogP contribution >= 0.6 is 0 Å². The molecule has 2 rings (SSSR count). The second-order valence-electron chi connectivity index (χ2n) is 4.00. The molecule has 0 aliphatic rings. The summed E-state index contributed by atoms with van der Waals surface area (Å²) in [6.45, 7) is 5.54. The normalized spacial score (nSPS) is 9.85. The Labute approximate surface area is 115 Å². The first-order valence-electron chi connectivity index (χ1n) is 5.82. The van der Waals surface area contributed by atoms with Crippen LogP contribution in [0.1, 0.15) is 11.3 Å². The number of benzene rings is 1. The molecule has 0 radical (unpaired) electrons. The standard InChI is InChI=1S/C14H13N3O3/c1-3-10-8-15-12(17-14(18)19)13(16-10)20-11-6-4-9(2)5-7-11/h3-8H,1H2,2H3,(H,15,17)(H,18,19). The van der Waals surface area contributed by atoms with E-state index in [0.29, 0.717) is 11.4 Å². The first-order chi connectivity index (χ1) is 9.58. The summed E-state index contributed by atoms with van der Waals surface area (Å²) in [5.41, 5.74) is 1.58. The van der Waals surface area contributed by atoms with Crippen LogP contribution in [0.25, 0.3) is 6.08 Å². The number of aryl methyl sites for hydroxylation is 1. The van der Waals surface area contributed by atoms with Crippen molar-refractivity contribution in [3.63, 3.8) is 0 Å². The molecule has 0 saturated carbocycles. The van der Waals surface area contributed by atoms with Crippen molar-refractivity contribution in [2.45, 2.75) is 6.92 Å². The lowest BCUT2D eigenvalue weighted by Crippen LogP contribution is -2.11. The molecule has 0 aliphatic carbocycles. The van der Waals surface area contributed by atoms with Crippen LogP contribution < -0.4 is 10.1 Å². The topological polar surface area (TPSA) is 84.3 Å². The minimum Gasteiger partial charge on any atom is -0.465 e. The summed E-state index contributed by atoms with van der Waals surface area (Å²) in [4.78, 5) is 18.8. The number of rotatable bonds is 4. The number of carbonyl (C=O) groups is 1. The minimum absolute atomic E-state index is 0.0312. The van der Waals surface area contributed by atoms with Crippen LogP contribution in [-0.2, 0) is 0 Å². The van der Waals surface area contributed by atoms with Crippen LogP contribution in [0, 0.1) is 6.92 Å². The second kappa shape index (κ2) is 5.83. The van der Waals surface area contributed by atoms with E-state index in [0.717, 1.165) is 5.56 Å². The number of carboxylic acid groups (broad SMARTS) is 1. The number of hydrogen-bond donors (Lipinski definition) is 2. The van der Waals surface area contributed by atoms with E-state index < -0.39 is 6.09 Å². The van der Waals surface area contributed by atoms with Gasteiger partial charge in [0.2, 0.25) is 0 Å². The Morgan fingerprint density at radius 1 is 1.40 bits per heavy atom. The smallest absolute Gasteiger partial charge is 0.410 e. The second-order valence-corrected chi connectivity index (χ2v) is 4.00. The van der Waals surface area contributed by atoms with Crippen LogP contribution in [0.3, 0.4) is 0 Å². The lowest BCUT2D eigenvalue weighted by molar-refractivity contribution is 0.209. The minimum atomic E-state index is -1.24. The van der Waals surface area contributed by atoms with E-state index in [1.165, 1.54) is 12.3 Å². The molecule has 0 fully saturated rings. The van der Waals surface area contributed by atoms with Gasteiger partial charge in [-0.1, -0.05) is 24.3 Å². The van der Waals surface area contributed by atoms with Crippen LogP contribution in [0.5, 0.6) is 11.6 Å². The van der Waals surface area contributed by atoms with Gasteiger partial charge in [0.15, 0.2) is 5.82 Å². The summed E-state index contributed by atoms with van der Waals surface area (Å²) in [7, 11) is 0. The molecule has 102 valence electrons. The van der Waals surface area contributed by atoms with Crippen molar-refractivity contribution < 1.29 is 14.6 Å². The Morgan fingerprint density at radius 3 is 2.70 bits per heavy atom. The molecule has 0 unspecified atom stereocenters. The third-order valence-electron chi connectivity index (χ3n) is 2.43. The Bertz CT molecular complexity index is 639. The van der Waals surface area contributed by atoms with Crippen LogP contribution in [0.4, 0.5) is 10.6 Å². The highest BCUT2D eigenvalue weighted by molar-refractivity contribution is 5.83. The first-order valence-corrected chi connectivity index (χ1v) is 5.82. The van der Waals surface area contributed by atoms with Gasteiger partial charge >= 0.3 is 6.09 Å². The SMILES string of the molecule is C=Cc1cnc(NC(=O)O)c(Oc2ccc(C)cc2)n1. The number of amides is 1. The lowest BCUT2D eigenvalue weighted by atomic mass is 10.2. The van der Waals surface area contributed by atoms with Crippen molar-refractivity contribution in [2.75, 3.05) is 5.32 Å². The molecule has 0 aliphatic heterocycles. The number of nitrogens with zero attached hydrogens (tertiary/aromatic N) is 2. The van der Waals surface area contributed by atoms with E-state index >= 15 is 0 Å². The van der Waals surface area contributed by atoms with Crippen LogP contribution in [0.2, 0.25) is 0 Å². The Morgan fingerprint density at radius 2 is 2.10 bits per heavy atom. The average molecular weight is 271 g/mol. The zero-order valence-corrected chi connectivity index (χ0v) is 10.8. The summed E-state index contributed by atoms with van der Waals surface area (Å²) in [5.74, 6) is 0.650. The third kappa shape index (κ3) is 3.32. The number of ether oxygens (including phenoxy) is 1. The molecule has 20 heavy (non-hydrogen) atoms. The average Bonchev–Trinajstić information content (AvgIpc) is 2.42. The molecule has 0 atom stereocenters. The van der Waals surface area contributed by atoms with E-state index in [1.807, 2.05) is 19.1 Å². The summed E-state index contributed by atoms with van der Waals surface area (Å²) in [6.07, 6.45) is 1.67. The zero-order valence-electron chi connectivity index (χ0n) is 10.8. The highest BCUT2D eigenvalue weighted by Gasteiger charge is 2.12. The van der Waals surface area contributed by atoms with E-state index in [9.17, 15) is 4.79 Å². The summed E-state index contributed by atoms with van der Waals surface area (Å²) in [5, 5.41) is 10.9. The third-order valence-corrected chi connectivity index (χ3v) is 2.43. The van der Waals surface area contributed by atoms with E-state index in [-0.39, 0.29) is 11.7 Å².